The van der Waals surface area contributed by atoms with Crippen LogP contribution in [0.4, 0.5) is 0 Å². The minimum Gasteiger partial charge on any atom is -0.0625 e. The van der Waals surface area contributed by atoms with E-state index in [0.717, 1.165) is 23.7 Å². The normalized spacial score (nSPS) is 48.0. The van der Waals surface area contributed by atoms with Crippen molar-refractivity contribution in [2.45, 2.75) is 39.5 Å². The fraction of sp³-hybridized carbons (Fsp3) is 1.00. The second-order valence-corrected chi connectivity index (χ2v) is 4.56. The van der Waals surface area contributed by atoms with E-state index in [2.05, 4.69) is 13.8 Å². The summed E-state index contributed by atoms with van der Waals surface area (Å²) >= 11 is 0. The third-order valence-corrected chi connectivity index (χ3v) is 3.41. The van der Waals surface area contributed by atoms with Crippen LogP contribution in [0.2, 0.25) is 0 Å². The van der Waals surface area contributed by atoms with Gasteiger partial charge in [-0.15, -0.1) is 0 Å². The Morgan fingerprint density at radius 1 is 1.00 bits per heavy atom. The van der Waals surface area contributed by atoms with Gasteiger partial charge in [0.2, 0.25) is 0 Å². The summed E-state index contributed by atoms with van der Waals surface area (Å²) in [7, 11) is 0. The molecule has 0 saturated heterocycles. The largest absolute Gasteiger partial charge is 0.0625 e. The molecule has 0 bridgehead atoms. The van der Waals surface area contributed by atoms with Gasteiger partial charge in [0.1, 0.15) is 0 Å². The predicted octanol–water partition coefficient (Wildman–Crippen LogP) is 3.08. The Bertz CT molecular complexity index is 124. The van der Waals surface area contributed by atoms with Gasteiger partial charge in [-0.1, -0.05) is 13.8 Å². The zero-order valence-corrected chi connectivity index (χ0v) is 7.14. The van der Waals surface area contributed by atoms with Crippen molar-refractivity contribution in [3.8, 4) is 0 Å². The van der Waals surface area contributed by atoms with Crippen LogP contribution in [0.25, 0.3) is 0 Å². The summed E-state index contributed by atoms with van der Waals surface area (Å²) in [5, 5.41) is 0. The van der Waals surface area contributed by atoms with Gasteiger partial charge in [0.15, 0.2) is 0 Å². The lowest BCUT2D eigenvalue weighted by molar-refractivity contribution is 0.370. The van der Waals surface area contributed by atoms with Gasteiger partial charge in [-0.25, -0.2) is 0 Å². The van der Waals surface area contributed by atoms with Crippen LogP contribution in [-0.4, -0.2) is 0 Å². The topological polar surface area (TPSA) is 0 Å². The van der Waals surface area contributed by atoms with Gasteiger partial charge in [0, 0.05) is 0 Å². The molecular formula is C10H18. The van der Waals surface area contributed by atoms with Gasteiger partial charge in [-0.3, -0.25) is 0 Å². The van der Waals surface area contributed by atoms with Gasteiger partial charge < -0.3 is 0 Å². The van der Waals surface area contributed by atoms with Crippen molar-refractivity contribution in [2.75, 3.05) is 0 Å². The summed E-state index contributed by atoms with van der Waals surface area (Å²) in [6.07, 6.45) is 6.12. The van der Waals surface area contributed by atoms with E-state index in [1.54, 1.807) is 12.8 Å². The minimum atomic E-state index is 1.03. The third kappa shape index (κ3) is 1.09. The molecule has 0 spiro atoms. The van der Waals surface area contributed by atoms with Crippen LogP contribution in [0.5, 0.6) is 0 Å². The molecule has 0 aliphatic heterocycles. The maximum Gasteiger partial charge on any atom is -0.0357 e. The Balaban J connectivity index is 1.95. The highest BCUT2D eigenvalue weighted by atomic mass is 14.4. The molecule has 58 valence electrons. The van der Waals surface area contributed by atoms with E-state index in [0.29, 0.717) is 0 Å². The highest BCUT2D eigenvalue weighted by Crippen LogP contribution is 2.49. The molecule has 0 radical (unpaired) electrons. The third-order valence-electron chi connectivity index (χ3n) is 3.41. The van der Waals surface area contributed by atoms with E-state index in [1.165, 1.54) is 12.8 Å². The van der Waals surface area contributed by atoms with E-state index >= 15 is 0 Å². The fourth-order valence-electron chi connectivity index (χ4n) is 2.78. The van der Waals surface area contributed by atoms with E-state index in [-0.39, 0.29) is 0 Å². The number of rotatable bonds is 1. The standard InChI is InChI=1S/C10H18/c1-7-5-8(2)10(6-7)9-3-4-9/h7-10H,3-6H2,1-2H3/t7?,8-,10?/m1/s1. The van der Waals surface area contributed by atoms with Crippen LogP contribution in [-0.2, 0) is 0 Å². The fourth-order valence-corrected chi connectivity index (χ4v) is 2.78. The molecule has 2 fully saturated rings. The average molecular weight is 138 g/mol. The summed E-state index contributed by atoms with van der Waals surface area (Å²) in [5.74, 6) is 4.35. The van der Waals surface area contributed by atoms with Crippen molar-refractivity contribution < 1.29 is 0 Å². The molecule has 0 heterocycles. The first-order chi connectivity index (χ1) is 4.77. The Kier molecular flexibility index (Phi) is 1.51. The average Bonchev–Trinajstić information content (AvgIpc) is 2.61. The molecular weight excluding hydrogens is 120 g/mol. The van der Waals surface area contributed by atoms with Crippen LogP contribution in [0.1, 0.15) is 39.5 Å². The van der Waals surface area contributed by atoms with Crippen molar-refractivity contribution in [1.82, 2.24) is 0 Å². The molecule has 0 aromatic rings. The van der Waals surface area contributed by atoms with Crippen molar-refractivity contribution >= 4 is 0 Å². The van der Waals surface area contributed by atoms with Crippen LogP contribution >= 0.6 is 0 Å². The Morgan fingerprint density at radius 2 is 1.70 bits per heavy atom. The first-order valence-corrected chi connectivity index (χ1v) is 4.77. The Labute approximate surface area is 64.0 Å². The lowest BCUT2D eigenvalue weighted by atomic mass is 9.93. The van der Waals surface area contributed by atoms with E-state index in [1.807, 2.05) is 0 Å². The molecule has 0 heteroatoms. The predicted molar refractivity (Wildman–Crippen MR) is 43.8 cm³/mol. The molecule has 0 amide bonds. The van der Waals surface area contributed by atoms with Crippen molar-refractivity contribution in [1.29, 1.82) is 0 Å². The monoisotopic (exact) mass is 138 g/mol. The SMILES string of the molecule is CC1CC(C2CC2)[C@H](C)C1. The zero-order valence-electron chi connectivity index (χ0n) is 7.14. The van der Waals surface area contributed by atoms with Crippen LogP contribution in [0.15, 0.2) is 0 Å². The molecule has 0 nitrogen and oxygen atoms in total. The second kappa shape index (κ2) is 2.25. The minimum absolute atomic E-state index is 1.03. The maximum absolute atomic E-state index is 2.45. The highest BCUT2D eigenvalue weighted by Gasteiger charge is 2.39. The first kappa shape index (κ1) is 6.69. The van der Waals surface area contributed by atoms with Crippen molar-refractivity contribution in [3.05, 3.63) is 0 Å². The Hall–Kier alpha value is 0. The summed E-state index contributed by atoms with van der Waals surface area (Å²) in [6, 6.07) is 0. The molecule has 2 saturated carbocycles. The van der Waals surface area contributed by atoms with Gasteiger partial charge >= 0.3 is 0 Å². The maximum atomic E-state index is 2.45. The Morgan fingerprint density at radius 3 is 2.10 bits per heavy atom. The molecule has 2 aliphatic rings. The van der Waals surface area contributed by atoms with E-state index in [9.17, 15) is 0 Å². The lowest BCUT2D eigenvalue weighted by Crippen LogP contribution is -2.05. The van der Waals surface area contributed by atoms with Gasteiger partial charge in [0.05, 0.1) is 0 Å². The molecule has 0 aromatic heterocycles. The van der Waals surface area contributed by atoms with Crippen LogP contribution in [0, 0.1) is 23.7 Å². The summed E-state index contributed by atoms with van der Waals surface area (Å²) < 4.78 is 0. The van der Waals surface area contributed by atoms with Gasteiger partial charge in [-0.05, 0) is 49.4 Å². The summed E-state index contributed by atoms with van der Waals surface area (Å²) in [5.41, 5.74) is 0. The van der Waals surface area contributed by atoms with E-state index in [4.69, 9.17) is 0 Å². The second-order valence-electron chi connectivity index (χ2n) is 4.56. The van der Waals surface area contributed by atoms with Crippen LogP contribution in [0.3, 0.4) is 0 Å². The van der Waals surface area contributed by atoms with Crippen molar-refractivity contribution in [2.24, 2.45) is 23.7 Å². The van der Waals surface area contributed by atoms with Crippen molar-refractivity contribution in [3.63, 3.8) is 0 Å². The highest BCUT2D eigenvalue weighted by molar-refractivity contribution is 4.89. The smallest absolute Gasteiger partial charge is 0.0357 e. The van der Waals surface area contributed by atoms with E-state index < -0.39 is 0 Å². The number of hydrogen-bond donors (Lipinski definition) is 0. The molecule has 2 unspecified atom stereocenters. The quantitative estimate of drug-likeness (QED) is 0.522. The molecule has 2 aliphatic carbocycles. The molecule has 0 N–H and O–H groups in total. The lowest BCUT2D eigenvalue weighted by Gasteiger charge is -2.12. The molecule has 2 rings (SSSR count). The first-order valence-electron chi connectivity index (χ1n) is 4.77. The van der Waals surface area contributed by atoms with Gasteiger partial charge in [0.25, 0.3) is 0 Å². The van der Waals surface area contributed by atoms with Gasteiger partial charge in [-0.2, -0.15) is 0 Å². The number of hydrogen-bond acceptors (Lipinski definition) is 0. The molecule has 3 atom stereocenters. The summed E-state index contributed by atoms with van der Waals surface area (Å²) in [4.78, 5) is 0. The molecule has 10 heavy (non-hydrogen) atoms. The molecule has 0 aromatic carbocycles. The zero-order chi connectivity index (χ0) is 7.14. The summed E-state index contributed by atoms with van der Waals surface area (Å²) in [6.45, 7) is 4.87. The van der Waals surface area contributed by atoms with Crippen LogP contribution < -0.4 is 0 Å².